The van der Waals surface area contributed by atoms with E-state index in [1.807, 2.05) is 6.08 Å². The molecule has 2 heteroatoms. The van der Waals surface area contributed by atoms with Crippen LogP contribution in [0.1, 0.15) is 25.7 Å². The topological polar surface area (TPSA) is 0 Å². The molecule has 0 bridgehead atoms. The monoisotopic (exact) mass is 486 g/mol. The summed E-state index contributed by atoms with van der Waals surface area (Å²) in [7, 11) is 0. The molecule has 0 unspecified atom stereocenters. The van der Waals surface area contributed by atoms with Crippen molar-refractivity contribution in [2.24, 2.45) is 0 Å². The average Bonchev–Trinajstić information content (AvgIpc) is 2.86. The second-order valence-corrected chi connectivity index (χ2v) is 17.0. The predicted octanol–water partition coefficient (Wildman–Crippen LogP) is 6.89. The fraction of sp³-hybridized carbons (Fsp3) is 0.172. The maximum absolute atomic E-state index is 4.47. The Morgan fingerprint density at radius 2 is 1.19 bits per heavy atom. The van der Waals surface area contributed by atoms with Gasteiger partial charge >= 0.3 is 195 Å². The van der Waals surface area contributed by atoms with Gasteiger partial charge in [-0.3, -0.25) is 0 Å². The molecule has 3 aromatic rings. The van der Waals surface area contributed by atoms with Crippen LogP contribution >= 0.6 is 20.8 Å². The van der Waals surface area contributed by atoms with E-state index in [1.165, 1.54) is 39.9 Å². The second-order valence-electron chi connectivity index (χ2n) is 8.06. The van der Waals surface area contributed by atoms with Gasteiger partial charge in [-0.15, -0.1) is 0 Å². The van der Waals surface area contributed by atoms with Gasteiger partial charge in [0.15, 0.2) is 0 Å². The fourth-order valence-corrected chi connectivity index (χ4v) is 11.2. The molecule has 4 rings (SSSR count). The first-order valence-corrected chi connectivity index (χ1v) is 15.3. The van der Waals surface area contributed by atoms with Gasteiger partial charge in [-0.1, -0.05) is 0 Å². The Bertz CT molecular complexity index is 1040. The van der Waals surface area contributed by atoms with Crippen LogP contribution in [0.4, 0.5) is 0 Å². The summed E-state index contributed by atoms with van der Waals surface area (Å²) < 4.78 is 0. The molecule has 0 nitrogen and oxygen atoms in total. The minimum absolute atomic E-state index is 0.748. The summed E-state index contributed by atoms with van der Waals surface area (Å²) >= 11 is 4.47. The number of hydrogen-bond donors (Lipinski definition) is 0. The van der Waals surface area contributed by atoms with Crippen LogP contribution in [0.2, 0.25) is 0 Å². The molecular weight excluding hydrogens is 459 g/mol. The van der Waals surface area contributed by atoms with Crippen LogP contribution in [0.25, 0.3) is 0 Å². The van der Waals surface area contributed by atoms with Gasteiger partial charge in [0.2, 0.25) is 0 Å². The minimum atomic E-state index is -2.97. The van der Waals surface area contributed by atoms with Crippen LogP contribution in [0.15, 0.2) is 115 Å². The Balaban J connectivity index is 1.95. The number of rotatable bonds is 5. The van der Waals surface area contributed by atoms with Gasteiger partial charge in [0.05, 0.1) is 0 Å². The second kappa shape index (κ2) is 9.40. The summed E-state index contributed by atoms with van der Waals surface area (Å²) in [5.41, 5.74) is 2.60. The van der Waals surface area contributed by atoms with Gasteiger partial charge in [-0.2, -0.15) is 0 Å². The van der Waals surface area contributed by atoms with Gasteiger partial charge in [0, 0.05) is 0 Å². The SMILES string of the molecule is C=CC1=C(C#CCP(Br)(c2ccccc2)(c2ccccc2)c2ccccc2)CCCC1. The fourth-order valence-electron chi connectivity index (χ4n) is 4.53. The van der Waals surface area contributed by atoms with Gasteiger partial charge in [-0.25, -0.2) is 0 Å². The van der Waals surface area contributed by atoms with Gasteiger partial charge in [0.1, 0.15) is 0 Å². The molecule has 1 aliphatic rings. The van der Waals surface area contributed by atoms with E-state index >= 15 is 0 Å². The van der Waals surface area contributed by atoms with E-state index in [2.05, 4.69) is 125 Å². The van der Waals surface area contributed by atoms with E-state index in [-0.39, 0.29) is 0 Å². The zero-order valence-electron chi connectivity index (χ0n) is 17.8. The normalized spacial score (nSPS) is 15.3. The van der Waals surface area contributed by atoms with E-state index in [0.29, 0.717) is 0 Å². The molecule has 0 N–H and O–H groups in total. The molecule has 0 saturated carbocycles. The number of benzene rings is 3. The first-order valence-electron chi connectivity index (χ1n) is 10.9. The van der Waals surface area contributed by atoms with Crippen LogP contribution in [-0.2, 0) is 0 Å². The van der Waals surface area contributed by atoms with E-state index < -0.39 is 5.31 Å². The Kier molecular flexibility index (Phi) is 6.62. The van der Waals surface area contributed by atoms with Crippen molar-refractivity contribution in [1.29, 1.82) is 0 Å². The van der Waals surface area contributed by atoms with Crippen molar-refractivity contribution in [3.8, 4) is 11.8 Å². The number of hydrogen-bond acceptors (Lipinski definition) is 0. The van der Waals surface area contributed by atoms with Crippen molar-refractivity contribution in [3.63, 3.8) is 0 Å². The van der Waals surface area contributed by atoms with Crippen LogP contribution in [0, 0.1) is 11.8 Å². The average molecular weight is 487 g/mol. The molecule has 0 heterocycles. The summed E-state index contributed by atoms with van der Waals surface area (Å²) in [6.07, 6.45) is 7.37. The van der Waals surface area contributed by atoms with Crippen molar-refractivity contribution in [3.05, 3.63) is 115 Å². The third kappa shape index (κ3) is 4.08. The summed E-state index contributed by atoms with van der Waals surface area (Å²) in [6.45, 7) is 4.02. The molecule has 0 spiro atoms. The molecular formula is C29H28BrP. The number of allylic oxidation sites excluding steroid dienone is 3. The Morgan fingerprint density at radius 3 is 1.65 bits per heavy atom. The van der Waals surface area contributed by atoms with E-state index in [0.717, 1.165) is 19.0 Å². The Morgan fingerprint density at radius 1 is 0.742 bits per heavy atom. The maximum atomic E-state index is 4.47. The standard InChI is InChI=1S/C29H28BrP/c1-2-25-15-12-13-16-26(25)17-14-24-31(30,27-18-6-3-7-19-27,28-20-8-4-9-21-28)29-22-10-5-11-23-29/h2-11,18-23H,1,12-13,15-16,24H2. The first kappa shape index (κ1) is 21.8. The zero-order valence-corrected chi connectivity index (χ0v) is 20.3. The Hall–Kier alpha value is -2.39. The quantitative estimate of drug-likeness (QED) is 0.272. The molecule has 0 saturated heterocycles. The van der Waals surface area contributed by atoms with Crippen molar-refractivity contribution in [2.75, 3.05) is 6.16 Å². The van der Waals surface area contributed by atoms with E-state index in [1.54, 1.807) is 0 Å². The molecule has 0 radical (unpaired) electrons. The Labute approximate surface area is 194 Å². The summed E-state index contributed by atoms with van der Waals surface area (Å²) in [6, 6.07) is 32.6. The molecule has 31 heavy (non-hydrogen) atoms. The van der Waals surface area contributed by atoms with Gasteiger partial charge in [-0.05, 0) is 0 Å². The van der Waals surface area contributed by atoms with Crippen LogP contribution in [0.5, 0.6) is 0 Å². The first-order chi connectivity index (χ1) is 15.2. The zero-order chi connectivity index (χ0) is 21.6. The van der Waals surface area contributed by atoms with Gasteiger partial charge in [0.25, 0.3) is 0 Å². The molecule has 156 valence electrons. The predicted molar refractivity (Wildman–Crippen MR) is 142 cm³/mol. The van der Waals surface area contributed by atoms with Crippen LogP contribution in [-0.4, -0.2) is 6.16 Å². The van der Waals surface area contributed by atoms with E-state index in [9.17, 15) is 0 Å². The van der Waals surface area contributed by atoms with Crippen molar-refractivity contribution >= 4 is 36.7 Å². The van der Waals surface area contributed by atoms with Crippen molar-refractivity contribution < 1.29 is 0 Å². The number of halogens is 1. The molecule has 0 aromatic heterocycles. The van der Waals surface area contributed by atoms with Gasteiger partial charge < -0.3 is 0 Å². The van der Waals surface area contributed by atoms with Crippen molar-refractivity contribution in [2.45, 2.75) is 25.7 Å². The third-order valence-electron chi connectivity index (χ3n) is 6.26. The molecule has 0 atom stereocenters. The third-order valence-corrected chi connectivity index (χ3v) is 15.6. The summed E-state index contributed by atoms with van der Waals surface area (Å²) in [5, 5.41) is 0.956. The molecule has 0 amide bonds. The van der Waals surface area contributed by atoms with Crippen molar-refractivity contribution in [1.82, 2.24) is 0 Å². The molecule has 0 fully saturated rings. The summed E-state index contributed by atoms with van der Waals surface area (Å²) in [4.78, 5) is 0. The molecule has 3 aromatic carbocycles. The van der Waals surface area contributed by atoms with E-state index in [4.69, 9.17) is 0 Å². The molecule has 1 aliphatic carbocycles. The molecule has 0 aliphatic heterocycles. The van der Waals surface area contributed by atoms with Crippen LogP contribution in [0.3, 0.4) is 0 Å². The summed E-state index contributed by atoms with van der Waals surface area (Å²) in [5.74, 6) is 7.23. The van der Waals surface area contributed by atoms with Crippen LogP contribution < -0.4 is 15.9 Å².